The Morgan fingerprint density at radius 3 is 2.87 bits per heavy atom. The molecule has 4 rings (SSSR count). The van der Waals surface area contributed by atoms with Crippen molar-refractivity contribution < 1.29 is 4.52 Å². The molecule has 0 amide bonds. The summed E-state index contributed by atoms with van der Waals surface area (Å²) in [4.78, 5) is 4.55. The zero-order chi connectivity index (χ0) is 9.17. The van der Waals surface area contributed by atoms with E-state index in [-0.39, 0.29) is 17.8 Å². The van der Waals surface area contributed by atoms with Crippen LogP contribution in [0.25, 0.3) is 0 Å². The fourth-order valence-corrected chi connectivity index (χ4v) is 2.62. The van der Waals surface area contributed by atoms with Crippen molar-refractivity contribution in [3.63, 3.8) is 0 Å². The van der Waals surface area contributed by atoms with Gasteiger partial charge in [0.25, 0.3) is 0 Å². The SMILES string of the molecule is C1CC1c1nc(C23CNCC2C3)no1.Cl. The lowest BCUT2D eigenvalue weighted by Crippen LogP contribution is -2.20. The van der Waals surface area contributed by atoms with E-state index >= 15 is 0 Å². The Labute approximate surface area is 94.2 Å². The molecule has 1 aliphatic heterocycles. The number of piperidine rings is 1. The number of hydrogen-bond acceptors (Lipinski definition) is 4. The lowest BCUT2D eigenvalue weighted by atomic mass is 10.1. The van der Waals surface area contributed by atoms with Crippen LogP contribution in [0.3, 0.4) is 0 Å². The Morgan fingerprint density at radius 1 is 1.40 bits per heavy atom. The fraction of sp³-hybridized carbons (Fsp3) is 0.800. The van der Waals surface area contributed by atoms with Crippen LogP contribution in [0.2, 0.25) is 0 Å². The number of nitrogens with zero attached hydrogens (tertiary/aromatic N) is 2. The highest BCUT2D eigenvalue weighted by Crippen LogP contribution is 2.55. The molecule has 5 heteroatoms. The summed E-state index contributed by atoms with van der Waals surface area (Å²) in [7, 11) is 0. The summed E-state index contributed by atoms with van der Waals surface area (Å²) in [5.41, 5.74) is 0.261. The summed E-state index contributed by atoms with van der Waals surface area (Å²) in [6, 6.07) is 0. The van der Waals surface area contributed by atoms with Gasteiger partial charge in [0.15, 0.2) is 5.82 Å². The van der Waals surface area contributed by atoms with Gasteiger partial charge in [-0.25, -0.2) is 0 Å². The van der Waals surface area contributed by atoms with Gasteiger partial charge in [-0.1, -0.05) is 5.16 Å². The Hall–Kier alpha value is -0.610. The molecule has 4 nitrogen and oxygen atoms in total. The topological polar surface area (TPSA) is 51.0 Å². The van der Waals surface area contributed by atoms with Crippen molar-refractivity contribution in [2.24, 2.45) is 5.92 Å². The third-order valence-corrected chi connectivity index (χ3v) is 3.88. The van der Waals surface area contributed by atoms with Crippen LogP contribution in [0.1, 0.15) is 36.9 Å². The molecule has 1 N–H and O–H groups in total. The average Bonchev–Trinajstić information content (AvgIpc) is 3.09. The molecule has 2 saturated carbocycles. The molecule has 2 aliphatic carbocycles. The molecular weight excluding hydrogens is 214 g/mol. The summed E-state index contributed by atoms with van der Waals surface area (Å²) in [6.07, 6.45) is 3.72. The van der Waals surface area contributed by atoms with Crippen molar-refractivity contribution >= 4 is 12.4 Å². The maximum absolute atomic E-state index is 5.30. The van der Waals surface area contributed by atoms with E-state index in [0.29, 0.717) is 5.92 Å². The molecule has 1 saturated heterocycles. The second-order valence-corrected chi connectivity index (χ2v) is 4.92. The van der Waals surface area contributed by atoms with Gasteiger partial charge in [-0.05, 0) is 31.7 Å². The van der Waals surface area contributed by atoms with Crippen LogP contribution in [0, 0.1) is 5.92 Å². The van der Waals surface area contributed by atoms with Crippen LogP contribution in [-0.4, -0.2) is 23.2 Å². The molecule has 82 valence electrons. The second kappa shape index (κ2) is 2.95. The van der Waals surface area contributed by atoms with Crippen LogP contribution < -0.4 is 5.32 Å². The predicted molar refractivity (Wildman–Crippen MR) is 56.2 cm³/mol. The van der Waals surface area contributed by atoms with E-state index in [9.17, 15) is 0 Å². The van der Waals surface area contributed by atoms with E-state index in [0.717, 1.165) is 30.7 Å². The number of fused-ring (bicyclic) bond motifs is 1. The molecule has 3 fully saturated rings. The normalized spacial score (nSPS) is 37.2. The van der Waals surface area contributed by atoms with Gasteiger partial charge in [0, 0.05) is 12.5 Å². The van der Waals surface area contributed by atoms with E-state index in [1.165, 1.54) is 19.3 Å². The predicted octanol–water partition coefficient (Wildman–Crippen LogP) is 1.23. The molecule has 1 aromatic heterocycles. The van der Waals surface area contributed by atoms with Gasteiger partial charge >= 0.3 is 0 Å². The molecule has 15 heavy (non-hydrogen) atoms. The number of hydrogen-bond donors (Lipinski definition) is 1. The minimum Gasteiger partial charge on any atom is -0.339 e. The first kappa shape index (κ1) is 9.60. The fourth-order valence-electron chi connectivity index (χ4n) is 2.62. The van der Waals surface area contributed by atoms with Gasteiger partial charge < -0.3 is 9.84 Å². The van der Waals surface area contributed by atoms with E-state index in [2.05, 4.69) is 15.5 Å². The molecule has 0 radical (unpaired) electrons. The van der Waals surface area contributed by atoms with Crippen LogP contribution in [0.4, 0.5) is 0 Å². The Kier molecular flexibility index (Phi) is 1.89. The monoisotopic (exact) mass is 227 g/mol. The van der Waals surface area contributed by atoms with Crippen LogP contribution in [0.5, 0.6) is 0 Å². The van der Waals surface area contributed by atoms with Crippen LogP contribution >= 0.6 is 12.4 Å². The van der Waals surface area contributed by atoms with Gasteiger partial charge in [0.05, 0.1) is 5.41 Å². The molecule has 0 bridgehead atoms. The largest absolute Gasteiger partial charge is 0.339 e. The van der Waals surface area contributed by atoms with Gasteiger partial charge in [-0.15, -0.1) is 12.4 Å². The lowest BCUT2D eigenvalue weighted by Gasteiger charge is -2.03. The smallest absolute Gasteiger partial charge is 0.229 e. The summed E-state index contributed by atoms with van der Waals surface area (Å²) in [6.45, 7) is 2.18. The van der Waals surface area contributed by atoms with Crippen molar-refractivity contribution in [1.82, 2.24) is 15.5 Å². The minimum absolute atomic E-state index is 0. The first-order chi connectivity index (χ1) is 6.88. The quantitative estimate of drug-likeness (QED) is 0.826. The van der Waals surface area contributed by atoms with Crippen molar-refractivity contribution in [3.8, 4) is 0 Å². The third kappa shape index (κ3) is 1.24. The van der Waals surface area contributed by atoms with Gasteiger partial charge in [0.1, 0.15) is 0 Å². The standard InChI is InChI=1S/C10H13N3O.ClH/c1-2-6(1)8-12-9(13-14-8)10-3-7(10)4-11-5-10;/h6-7,11H,1-5H2;1H. The van der Waals surface area contributed by atoms with Crippen LogP contribution in [0.15, 0.2) is 4.52 Å². The molecule has 2 atom stereocenters. The van der Waals surface area contributed by atoms with Crippen molar-refractivity contribution in [1.29, 1.82) is 0 Å². The van der Waals surface area contributed by atoms with Gasteiger partial charge in [0.2, 0.25) is 5.89 Å². The maximum atomic E-state index is 5.30. The molecule has 3 aliphatic rings. The summed E-state index contributed by atoms with van der Waals surface area (Å²) < 4.78 is 5.30. The molecular formula is C10H14ClN3O. The summed E-state index contributed by atoms with van der Waals surface area (Å²) >= 11 is 0. The minimum atomic E-state index is 0. The first-order valence-corrected chi connectivity index (χ1v) is 5.43. The molecule has 0 aromatic carbocycles. The molecule has 2 unspecified atom stereocenters. The maximum Gasteiger partial charge on any atom is 0.229 e. The zero-order valence-electron chi connectivity index (χ0n) is 8.40. The molecule has 2 heterocycles. The van der Waals surface area contributed by atoms with Gasteiger partial charge in [-0.3, -0.25) is 0 Å². The number of aromatic nitrogens is 2. The van der Waals surface area contributed by atoms with E-state index < -0.39 is 0 Å². The second-order valence-electron chi connectivity index (χ2n) is 4.92. The van der Waals surface area contributed by atoms with E-state index in [1.54, 1.807) is 0 Å². The Morgan fingerprint density at radius 2 is 2.27 bits per heavy atom. The molecule has 1 aromatic rings. The van der Waals surface area contributed by atoms with Gasteiger partial charge in [-0.2, -0.15) is 4.98 Å². The van der Waals surface area contributed by atoms with E-state index in [1.807, 2.05) is 0 Å². The van der Waals surface area contributed by atoms with Crippen molar-refractivity contribution in [2.75, 3.05) is 13.1 Å². The summed E-state index contributed by atoms with van der Waals surface area (Å²) in [5.74, 6) is 3.20. The van der Waals surface area contributed by atoms with Crippen LogP contribution in [-0.2, 0) is 5.41 Å². The zero-order valence-corrected chi connectivity index (χ0v) is 9.22. The Bertz CT molecular complexity index is 390. The highest BCUT2D eigenvalue weighted by atomic mass is 35.5. The highest BCUT2D eigenvalue weighted by molar-refractivity contribution is 5.85. The number of rotatable bonds is 2. The first-order valence-electron chi connectivity index (χ1n) is 5.43. The lowest BCUT2D eigenvalue weighted by molar-refractivity contribution is 0.369. The number of halogens is 1. The average molecular weight is 228 g/mol. The Balaban J connectivity index is 0.000000722. The van der Waals surface area contributed by atoms with Crippen molar-refractivity contribution in [3.05, 3.63) is 11.7 Å². The van der Waals surface area contributed by atoms with E-state index in [4.69, 9.17) is 4.52 Å². The highest BCUT2D eigenvalue weighted by Gasteiger charge is 2.61. The number of nitrogens with one attached hydrogen (secondary N) is 1. The van der Waals surface area contributed by atoms with Crippen molar-refractivity contribution in [2.45, 2.75) is 30.6 Å². The summed E-state index contributed by atoms with van der Waals surface area (Å²) in [5, 5.41) is 7.54. The third-order valence-electron chi connectivity index (χ3n) is 3.88. The molecule has 0 spiro atoms.